The minimum Gasteiger partial charge on any atom is -0.344 e. The van der Waals surface area contributed by atoms with Gasteiger partial charge in [0.1, 0.15) is 6.10 Å². The summed E-state index contributed by atoms with van der Waals surface area (Å²) in [6.45, 7) is 2.08. The topological polar surface area (TPSA) is 18.5 Å². The molecule has 0 bridgehead atoms. The third kappa shape index (κ3) is 2.18. The van der Waals surface area contributed by atoms with Gasteiger partial charge >= 0.3 is 0 Å². The van der Waals surface area contributed by atoms with Gasteiger partial charge < -0.3 is 9.47 Å². The van der Waals surface area contributed by atoms with Gasteiger partial charge in [0.15, 0.2) is 5.79 Å². The van der Waals surface area contributed by atoms with E-state index in [4.69, 9.17) is 21.1 Å². The Morgan fingerprint density at radius 3 is 2.56 bits per heavy atom. The number of hydrogen-bond acceptors (Lipinski definition) is 2. The molecule has 2 fully saturated rings. The Kier molecular flexibility index (Phi) is 3.35. The molecule has 1 spiro atoms. The number of ether oxygens (including phenoxy) is 2. The van der Waals surface area contributed by atoms with Gasteiger partial charge in [-0.15, -0.1) is 0 Å². The first kappa shape index (κ1) is 12.5. The van der Waals surface area contributed by atoms with Crippen molar-refractivity contribution in [3.8, 4) is 0 Å². The van der Waals surface area contributed by atoms with Crippen molar-refractivity contribution in [2.24, 2.45) is 0 Å². The summed E-state index contributed by atoms with van der Waals surface area (Å²) in [6.07, 6.45) is 5.75. The van der Waals surface area contributed by atoms with Gasteiger partial charge in [-0.25, -0.2) is 0 Å². The van der Waals surface area contributed by atoms with E-state index in [1.54, 1.807) is 0 Å². The lowest BCUT2D eigenvalue weighted by molar-refractivity contribution is -0.193. The molecule has 0 radical (unpaired) electrons. The fourth-order valence-electron chi connectivity index (χ4n) is 3.10. The molecule has 1 aromatic carbocycles. The summed E-state index contributed by atoms with van der Waals surface area (Å²) in [6, 6.07) is 7.90. The first-order valence-corrected chi connectivity index (χ1v) is 7.18. The van der Waals surface area contributed by atoms with Crippen molar-refractivity contribution in [1.82, 2.24) is 0 Å². The van der Waals surface area contributed by atoms with Gasteiger partial charge in [-0.2, -0.15) is 0 Å². The van der Waals surface area contributed by atoms with E-state index in [2.05, 4.69) is 6.92 Å². The van der Waals surface area contributed by atoms with Gasteiger partial charge in [0.2, 0.25) is 0 Å². The Morgan fingerprint density at radius 1 is 1.11 bits per heavy atom. The van der Waals surface area contributed by atoms with Gasteiger partial charge in [-0.05, 0) is 25.8 Å². The molecule has 2 aliphatic rings. The molecule has 3 heteroatoms. The maximum Gasteiger partial charge on any atom is 0.169 e. The smallest absolute Gasteiger partial charge is 0.169 e. The standard InChI is InChI=1S/C15H19ClO2/c1-11-14(12-7-3-4-8-13(12)16)18-15(17-11)9-5-2-6-10-15/h3-4,7-8,11,14H,2,5-6,9-10H2,1H3/t11-,14+/m0/s1. The van der Waals surface area contributed by atoms with Crippen molar-refractivity contribution in [1.29, 1.82) is 0 Å². The zero-order valence-electron chi connectivity index (χ0n) is 10.7. The zero-order chi connectivity index (χ0) is 12.6. The molecule has 1 aromatic rings. The Balaban J connectivity index is 1.84. The molecule has 1 heterocycles. The van der Waals surface area contributed by atoms with Gasteiger partial charge in [-0.1, -0.05) is 36.2 Å². The van der Waals surface area contributed by atoms with Crippen molar-refractivity contribution in [3.05, 3.63) is 34.9 Å². The number of hydrogen-bond donors (Lipinski definition) is 0. The summed E-state index contributed by atoms with van der Waals surface area (Å²) in [4.78, 5) is 0. The lowest BCUT2D eigenvalue weighted by Crippen LogP contribution is -2.33. The Morgan fingerprint density at radius 2 is 1.83 bits per heavy atom. The zero-order valence-corrected chi connectivity index (χ0v) is 11.5. The van der Waals surface area contributed by atoms with Gasteiger partial charge in [-0.3, -0.25) is 0 Å². The van der Waals surface area contributed by atoms with Crippen LogP contribution in [0.15, 0.2) is 24.3 Å². The van der Waals surface area contributed by atoms with E-state index in [1.807, 2.05) is 24.3 Å². The lowest BCUT2D eigenvalue weighted by Gasteiger charge is -2.31. The van der Waals surface area contributed by atoms with Crippen LogP contribution in [0.1, 0.15) is 50.7 Å². The predicted molar refractivity (Wildman–Crippen MR) is 71.6 cm³/mol. The van der Waals surface area contributed by atoms with Crippen LogP contribution in [0.5, 0.6) is 0 Å². The highest BCUT2D eigenvalue weighted by atomic mass is 35.5. The number of rotatable bonds is 1. The molecule has 1 saturated heterocycles. The summed E-state index contributed by atoms with van der Waals surface area (Å²) in [5, 5.41) is 0.769. The number of benzene rings is 1. The van der Waals surface area contributed by atoms with E-state index in [-0.39, 0.29) is 18.0 Å². The molecule has 2 nitrogen and oxygen atoms in total. The van der Waals surface area contributed by atoms with Crippen LogP contribution in [0.3, 0.4) is 0 Å². The van der Waals surface area contributed by atoms with Crippen molar-refractivity contribution >= 4 is 11.6 Å². The maximum atomic E-state index is 6.26. The van der Waals surface area contributed by atoms with Crippen LogP contribution in [0, 0.1) is 0 Å². The first-order chi connectivity index (χ1) is 8.70. The van der Waals surface area contributed by atoms with Crippen molar-refractivity contribution in [2.75, 3.05) is 0 Å². The third-order valence-electron chi connectivity index (χ3n) is 4.00. The second kappa shape index (κ2) is 4.84. The molecule has 98 valence electrons. The van der Waals surface area contributed by atoms with Gasteiger partial charge in [0.05, 0.1) is 6.10 Å². The maximum absolute atomic E-state index is 6.26. The molecular weight excluding hydrogens is 248 g/mol. The Bertz CT molecular complexity index is 426. The first-order valence-electron chi connectivity index (χ1n) is 6.80. The Hall–Kier alpha value is -0.570. The fourth-order valence-corrected chi connectivity index (χ4v) is 3.35. The minimum atomic E-state index is -0.346. The summed E-state index contributed by atoms with van der Waals surface area (Å²) < 4.78 is 12.4. The van der Waals surface area contributed by atoms with Crippen LogP contribution in [-0.4, -0.2) is 11.9 Å². The van der Waals surface area contributed by atoms with Crippen LogP contribution in [-0.2, 0) is 9.47 Å². The van der Waals surface area contributed by atoms with E-state index in [1.165, 1.54) is 19.3 Å². The second-order valence-corrected chi connectivity index (χ2v) is 5.76. The van der Waals surface area contributed by atoms with E-state index < -0.39 is 0 Å². The van der Waals surface area contributed by atoms with Crippen molar-refractivity contribution < 1.29 is 9.47 Å². The molecule has 0 amide bonds. The molecular formula is C15H19ClO2. The molecule has 18 heavy (non-hydrogen) atoms. The molecule has 1 aliphatic carbocycles. The van der Waals surface area contributed by atoms with Crippen LogP contribution in [0.25, 0.3) is 0 Å². The highest BCUT2D eigenvalue weighted by Gasteiger charge is 2.47. The van der Waals surface area contributed by atoms with Crippen LogP contribution < -0.4 is 0 Å². The highest BCUT2D eigenvalue weighted by Crippen LogP contribution is 2.46. The monoisotopic (exact) mass is 266 g/mol. The lowest BCUT2D eigenvalue weighted by atomic mass is 9.94. The summed E-state index contributed by atoms with van der Waals surface area (Å²) >= 11 is 6.26. The number of halogens is 1. The molecule has 1 aliphatic heterocycles. The predicted octanol–water partition coefficient (Wildman–Crippen LogP) is 4.48. The van der Waals surface area contributed by atoms with E-state index in [9.17, 15) is 0 Å². The summed E-state index contributed by atoms with van der Waals surface area (Å²) in [7, 11) is 0. The highest BCUT2D eigenvalue weighted by molar-refractivity contribution is 6.31. The van der Waals surface area contributed by atoms with Crippen molar-refractivity contribution in [2.45, 2.75) is 57.0 Å². The molecule has 1 saturated carbocycles. The van der Waals surface area contributed by atoms with Crippen LogP contribution >= 0.6 is 11.6 Å². The van der Waals surface area contributed by atoms with E-state index in [0.717, 1.165) is 23.4 Å². The summed E-state index contributed by atoms with van der Waals surface area (Å²) in [5.41, 5.74) is 1.05. The molecule has 0 N–H and O–H groups in total. The molecule has 3 rings (SSSR count). The molecule has 0 aromatic heterocycles. The van der Waals surface area contributed by atoms with Gasteiger partial charge in [0.25, 0.3) is 0 Å². The van der Waals surface area contributed by atoms with Crippen LogP contribution in [0.4, 0.5) is 0 Å². The fraction of sp³-hybridized carbons (Fsp3) is 0.600. The van der Waals surface area contributed by atoms with E-state index in [0.29, 0.717) is 0 Å². The normalized spacial score (nSPS) is 30.8. The molecule has 2 atom stereocenters. The Labute approximate surface area is 113 Å². The largest absolute Gasteiger partial charge is 0.344 e. The van der Waals surface area contributed by atoms with E-state index >= 15 is 0 Å². The van der Waals surface area contributed by atoms with Gasteiger partial charge in [0, 0.05) is 23.4 Å². The second-order valence-electron chi connectivity index (χ2n) is 5.35. The molecule has 0 unspecified atom stereocenters. The quantitative estimate of drug-likeness (QED) is 0.746. The minimum absolute atomic E-state index is 0.0307. The van der Waals surface area contributed by atoms with Crippen LogP contribution in [0.2, 0.25) is 5.02 Å². The van der Waals surface area contributed by atoms with Crippen molar-refractivity contribution in [3.63, 3.8) is 0 Å². The third-order valence-corrected chi connectivity index (χ3v) is 4.34. The SMILES string of the molecule is C[C@@H]1OC2(CCCCC2)O[C@H]1c1ccccc1Cl. The average Bonchev–Trinajstić information content (AvgIpc) is 2.67. The average molecular weight is 267 g/mol. The summed E-state index contributed by atoms with van der Waals surface area (Å²) in [5.74, 6) is -0.346.